The summed E-state index contributed by atoms with van der Waals surface area (Å²) in [5.74, 6) is 0.927. The molecule has 0 saturated heterocycles. The van der Waals surface area contributed by atoms with Gasteiger partial charge in [-0.15, -0.1) is 24.0 Å². The number of hydrogen-bond donors (Lipinski definition) is 2. The number of rotatable bonds is 7. The van der Waals surface area contributed by atoms with Gasteiger partial charge in [0.05, 0.1) is 5.75 Å². The van der Waals surface area contributed by atoms with Crippen LogP contribution in [0.3, 0.4) is 0 Å². The van der Waals surface area contributed by atoms with Crippen LogP contribution in [-0.4, -0.2) is 46.0 Å². The van der Waals surface area contributed by atoms with Crippen molar-refractivity contribution < 1.29 is 8.42 Å². The van der Waals surface area contributed by atoms with E-state index in [1.165, 1.54) is 11.1 Å². The van der Waals surface area contributed by atoms with Crippen molar-refractivity contribution in [3.8, 4) is 0 Å². The minimum absolute atomic E-state index is 0. The molecule has 0 saturated carbocycles. The number of guanidine groups is 1. The fraction of sp³-hybridized carbons (Fsp3) is 0.611. The molecule has 1 aromatic carbocycles. The van der Waals surface area contributed by atoms with Crippen LogP contribution in [0.4, 0.5) is 0 Å². The highest BCUT2D eigenvalue weighted by Crippen LogP contribution is 2.22. The van der Waals surface area contributed by atoms with E-state index in [-0.39, 0.29) is 40.9 Å². The maximum Gasteiger partial charge on any atom is 0.191 e. The molecule has 0 aliphatic carbocycles. The Labute approximate surface area is 170 Å². The van der Waals surface area contributed by atoms with Crippen molar-refractivity contribution in [2.75, 3.05) is 31.6 Å². The van der Waals surface area contributed by atoms with Gasteiger partial charge in [-0.2, -0.15) is 0 Å². The van der Waals surface area contributed by atoms with Crippen LogP contribution in [0.15, 0.2) is 29.3 Å². The van der Waals surface area contributed by atoms with E-state index in [0.29, 0.717) is 12.5 Å². The lowest BCUT2D eigenvalue weighted by atomic mass is 9.86. The Kier molecular flexibility index (Phi) is 10.6. The molecule has 0 radical (unpaired) electrons. The molecule has 0 spiro atoms. The largest absolute Gasteiger partial charge is 0.356 e. The zero-order chi connectivity index (χ0) is 18.2. The third-order valence-corrected chi connectivity index (χ3v) is 5.60. The monoisotopic (exact) mass is 481 g/mol. The number of sulfone groups is 1. The van der Waals surface area contributed by atoms with Crippen LogP contribution in [0.2, 0.25) is 0 Å². The van der Waals surface area contributed by atoms with E-state index in [1.54, 1.807) is 14.0 Å². The van der Waals surface area contributed by atoms with E-state index in [2.05, 4.69) is 60.7 Å². The molecule has 2 N–H and O–H groups in total. The van der Waals surface area contributed by atoms with Crippen molar-refractivity contribution >= 4 is 39.8 Å². The summed E-state index contributed by atoms with van der Waals surface area (Å²) < 4.78 is 22.9. The van der Waals surface area contributed by atoms with Gasteiger partial charge >= 0.3 is 0 Å². The van der Waals surface area contributed by atoms with Gasteiger partial charge in [0.15, 0.2) is 15.8 Å². The molecule has 1 aromatic rings. The first-order valence-electron chi connectivity index (χ1n) is 8.42. The van der Waals surface area contributed by atoms with Crippen LogP contribution >= 0.6 is 24.0 Å². The van der Waals surface area contributed by atoms with Gasteiger partial charge in [0, 0.05) is 25.9 Å². The SMILES string of the molecule is CCS(=O)(=O)CCNC(=NC)NCCc1ccc(C(C)(C)C)cc1.I. The molecule has 0 heterocycles. The Morgan fingerprint density at radius 3 is 2.12 bits per heavy atom. The van der Waals surface area contributed by atoms with Gasteiger partial charge in [-0.3, -0.25) is 4.99 Å². The van der Waals surface area contributed by atoms with E-state index in [4.69, 9.17) is 0 Å². The third-order valence-electron chi connectivity index (χ3n) is 3.90. The molecule has 144 valence electrons. The molecule has 0 aliphatic rings. The van der Waals surface area contributed by atoms with Crippen molar-refractivity contribution in [1.29, 1.82) is 0 Å². The molecule has 7 heteroatoms. The summed E-state index contributed by atoms with van der Waals surface area (Å²) in [4.78, 5) is 4.11. The molecule has 0 atom stereocenters. The number of halogens is 1. The molecular formula is C18H32IN3O2S. The van der Waals surface area contributed by atoms with Crippen LogP contribution in [-0.2, 0) is 21.7 Å². The van der Waals surface area contributed by atoms with Crippen LogP contribution in [0, 0.1) is 0 Å². The molecule has 0 aliphatic heterocycles. The van der Waals surface area contributed by atoms with Gasteiger partial charge in [-0.25, -0.2) is 8.42 Å². The van der Waals surface area contributed by atoms with E-state index in [1.807, 2.05) is 0 Å². The Morgan fingerprint density at radius 2 is 1.64 bits per heavy atom. The molecule has 0 amide bonds. The fourth-order valence-electron chi connectivity index (χ4n) is 2.19. The lowest BCUT2D eigenvalue weighted by Crippen LogP contribution is -2.40. The first-order valence-corrected chi connectivity index (χ1v) is 10.2. The van der Waals surface area contributed by atoms with Crippen molar-refractivity contribution in [3.05, 3.63) is 35.4 Å². The Balaban J connectivity index is 0.00000576. The molecule has 25 heavy (non-hydrogen) atoms. The molecule has 0 fully saturated rings. The van der Waals surface area contributed by atoms with E-state index < -0.39 is 9.84 Å². The Bertz CT molecular complexity index is 635. The second kappa shape index (κ2) is 11.0. The summed E-state index contributed by atoms with van der Waals surface area (Å²) in [5.41, 5.74) is 2.76. The maximum absolute atomic E-state index is 11.5. The maximum atomic E-state index is 11.5. The molecule has 0 unspecified atom stereocenters. The Morgan fingerprint density at radius 1 is 1.08 bits per heavy atom. The van der Waals surface area contributed by atoms with E-state index >= 15 is 0 Å². The van der Waals surface area contributed by atoms with Crippen LogP contribution in [0.25, 0.3) is 0 Å². The first-order chi connectivity index (χ1) is 11.2. The highest BCUT2D eigenvalue weighted by Gasteiger charge is 2.12. The highest BCUT2D eigenvalue weighted by atomic mass is 127. The third kappa shape index (κ3) is 9.44. The number of benzene rings is 1. The van der Waals surface area contributed by atoms with Crippen LogP contribution < -0.4 is 10.6 Å². The number of hydrogen-bond acceptors (Lipinski definition) is 3. The van der Waals surface area contributed by atoms with Gasteiger partial charge in [0.2, 0.25) is 0 Å². The second-order valence-electron chi connectivity index (χ2n) is 6.86. The van der Waals surface area contributed by atoms with Gasteiger partial charge in [-0.05, 0) is 23.0 Å². The van der Waals surface area contributed by atoms with E-state index in [0.717, 1.165) is 13.0 Å². The molecule has 5 nitrogen and oxygen atoms in total. The topological polar surface area (TPSA) is 70.6 Å². The van der Waals surface area contributed by atoms with Crippen molar-refractivity contribution in [3.63, 3.8) is 0 Å². The zero-order valence-corrected chi connectivity index (χ0v) is 19.1. The molecule has 0 aromatic heterocycles. The Hall–Kier alpha value is -0.830. The van der Waals surface area contributed by atoms with Crippen molar-refractivity contribution in [2.24, 2.45) is 4.99 Å². The number of aliphatic imine (C=N–C) groups is 1. The molecule has 0 bridgehead atoms. The first kappa shape index (κ1) is 24.2. The van der Waals surface area contributed by atoms with Gasteiger partial charge < -0.3 is 10.6 Å². The average Bonchev–Trinajstić information content (AvgIpc) is 2.53. The summed E-state index contributed by atoms with van der Waals surface area (Å²) in [6.45, 7) is 9.40. The summed E-state index contributed by atoms with van der Waals surface area (Å²) in [5, 5.41) is 6.25. The zero-order valence-electron chi connectivity index (χ0n) is 15.9. The average molecular weight is 481 g/mol. The lowest BCUT2D eigenvalue weighted by molar-refractivity contribution is 0.590. The fourth-order valence-corrected chi connectivity index (χ4v) is 2.89. The smallest absolute Gasteiger partial charge is 0.191 e. The lowest BCUT2D eigenvalue weighted by Gasteiger charge is -2.19. The predicted molar refractivity (Wildman–Crippen MR) is 118 cm³/mol. The second-order valence-corrected chi connectivity index (χ2v) is 9.33. The van der Waals surface area contributed by atoms with Gasteiger partial charge in [0.25, 0.3) is 0 Å². The minimum atomic E-state index is -2.95. The molecular weight excluding hydrogens is 449 g/mol. The van der Waals surface area contributed by atoms with Crippen molar-refractivity contribution in [1.82, 2.24) is 10.6 Å². The quantitative estimate of drug-likeness (QED) is 0.357. The number of nitrogens with one attached hydrogen (secondary N) is 2. The van der Waals surface area contributed by atoms with Crippen LogP contribution in [0.5, 0.6) is 0 Å². The highest BCUT2D eigenvalue weighted by molar-refractivity contribution is 14.0. The summed E-state index contributed by atoms with van der Waals surface area (Å²) in [6.07, 6.45) is 0.887. The summed E-state index contributed by atoms with van der Waals surface area (Å²) >= 11 is 0. The van der Waals surface area contributed by atoms with Gasteiger partial charge in [-0.1, -0.05) is 52.0 Å². The summed E-state index contributed by atoms with van der Waals surface area (Å²) in [6, 6.07) is 8.68. The van der Waals surface area contributed by atoms with Gasteiger partial charge in [0.1, 0.15) is 0 Å². The normalized spacial score (nSPS) is 12.4. The number of nitrogens with zero attached hydrogens (tertiary/aromatic N) is 1. The van der Waals surface area contributed by atoms with Crippen molar-refractivity contribution in [2.45, 2.75) is 39.5 Å². The summed E-state index contributed by atoms with van der Waals surface area (Å²) in [7, 11) is -1.27. The molecule has 1 rings (SSSR count). The van der Waals surface area contributed by atoms with Crippen LogP contribution in [0.1, 0.15) is 38.8 Å². The predicted octanol–water partition coefficient (Wildman–Crippen LogP) is 2.74. The minimum Gasteiger partial charge on any atom is -0.356 e. The standard InChI is InChI=1S/C18H31N3O2S.HI/c1-6-24(22,23)14-13-21-17(19-5)20-12-11-15-7-9-16(10-8-15)18(2,3)4;/h7-10H,6,11-14H2,1-5H3,(H2,19,20,21);1H. The van der Waals surface area contributed by atoms with E-state index in [9.17, 15) is 8.42 Å².